The van der Waals surface area contributed by atoms with E-state index in [1.54, 1.807) is 33.8 Å². The number of thiazole rings is 2. The number of benzene rings is 6. The predicted octanol–water partition coefficient (Wildman–Crippen LogP) is 17.3. The molecule has 0 atom stereocenters. The van der Waals surface area contributed by atoms with Crippen molar-refractivity contribution in [2.75, 3.05) is 0 Å². The van der Waals surface area contributed by atoms with Crippen molar-refractivity contribution >= 4 is 43.1 Å². The minimum absolute atomic E-state index is 0.00588. The molecule has 2 nitrogen and oxygen atoms in total. The molecule has 0 saturated carbocycles. The van der Waals surface area contributed by atoms with Gasteiger partial charge in [0.2, 0.25) is 0 Å². The molecule has 2 heterocycles. The highest BCUT2D eigenvalue weighted by Gasteiger charge is 2.42. The summed E-state index contributed by atoms with van der Waals surface area (Å²) < 4.78 is 2.47. The van der Waals surface area contributed by atoms with Gasteiger partial charge in [-0.05, 0) is 93.7 Å². The molecule has 59 heavy (non-hydrogen) atoms. The van der Waals surface area contributed by atoms with E-state index in [4.69, 9.17) is 9.97 Å². The van der Waals surface area contributed by atoms with E-state index in [0.717, 1.165) is 21.0 Å². The zero-order chi connectivity index (χ0) is 40.0. The van der Waals surface area contributed by atoms with Crippen molar-refractivity contribution in [3.63, 3.8) is 0 Å². The maximum Gasteiger partial charge on any atom is 0.124 e. The van der Waals surface area contributed by atoms with Crippen molar-refractivity contribution in [3.8, 4) is 54.5 Å². The number of hydrogen-bond acceptors (Lipinski definition) is 4. The Morgan fingerprint density at radius 1 is 0.390 bits per heavy atom. The van der Waals surface area contributed by atoms with E-state index in [9.17, 15) is 0 Å². The van der Waals surface area contributed by atoms with Crippen LogP contribution < -0.4 is 0 Å². The summed E-state index contributed by atoms with van der Waals surface area (Å²) in [4.78, 5) is 9.90. The molecule has 6 aromatic carbocycles. The molecule has 0 unspecified atom stereocenters. The summed E-state index contributed by atoms with van der Waals surface area (Å²) in [7, 11) is 0. The maximum absolute atomic E-state index is 4.95. The molecule has 1 aliphatic carbocycles. The first-order chi connectivity index (χ1) is 29.1. The molecule has 0 bridgehead atoms. The minimum atomic E-state index is -0.00588. The summed E-state index contributed by atoms with van der Waals surface area (Å²) in [5.41, 5.74) is 15.7. The highest BCUT2D eigenvalue weighted by molar-refractivity contribution is 7.22. The monoisotopic (exact) mass is 808 g/mol. The largest absolute Gasteiger partial charge is 0.236 e. The van der Waals surface area contributed by atoms with Gasteiger partial charge in [0.15, 0.2) is 0 Å². The van der Waals surface area contributed by atoms with Crippen LogP contribution in [-0.2, 0) is 5.41 Å². The van der Waals surface area contributed by atoms with E-state index < -0.39 is 0 Å². The second-order valence-corrected chi connectivity index (χ2v) is 18.8. The van der Waals surface area contributed by atoms with E-state index in [1.165, 1.54) is 144 Å². The number of fused-ring (bicyclic) bond motifs is 5. The molecule has 0 amide bonds. The highest BCUT2D eigenvalue weighted by atomic mass is 32.1. The Balaban J connectivity index is 1.07. The van der Waals surface area contributed by atoms with Crippen molar-refractivity contribution in [3.05, 3.63) is 145 Å². The molecular weight excluding hydrogens is 753 g/mol. The second-order valence-electron chi connectivity index (χ2n) is 16.8. The van der Waals surface area contributed by atoms with Gasteiger partial charge in [0, 0.05) is 16.5 Å². The summed E-state index contributed by atoms with van der Waals surface area (Å²) >= 11 is 3.55. The molecule has 0 aliphatic heterocycles. The zero-order valence-corrected chi connectivity index (χ0v) is 36.4. The van der Waals surface area contributed by atoms with Crippen LogP contribution in [0.4, 0.5) is 0 Å². The number of para-hydroxylation sites is 2. The molecule has 0 N–H and O–H groups in total. The molecule has 9 rings (SSSR count). The van der Waals surface area contributed by atoms with Gasteiger partial charge in [0.05, 0.1) is 20.4 Å². The Bertz CT molecular complexity index is 2390. The highest BCUT2D eigenvalue weighted by Crippen LogP contribution is 2.56. The molecule has 2 aromatic heterocycles. The van der Waals surface area contributed by atoms with Gasteiger partial charge in [-0.1, -0.05) is 188 Å². The average Bonchev–Trinajstić information content (AvgIpc) is 3.99. The lowest BCUT2D eigenvalue weighted by molar-refractivity contribution is 0.398. The number of nitrogens with zero attached hydrogens (tertiary/aromatic N) is 2. The molecule has 4 heteroatoms. The third kappa shape index (κ3) is 8.32. The average molecular weight is 809 g/mol. The standard InChI is InChI=1S/C55H56N2S2/c1-3-5-7-9-11-17-35-55(36-18-12-10-8-6-4-2)47-37-43(39-23-27-41(28-24-39)53-56-49-19-13-15-21-51(49)58-53)31-33-45(47)46-34-32-44(38-48(46)55)40-25-29-42(30-26-40)54-57-50-20-14-16-22-52(50)59-54/h13-16,19-34,37-38H,3-12,17-18,35-36H2,1-2H3. The molecular formula is C55H56N2S2. The first-order valence-electron chi connectivity index (χ1n) is 22.4. The second kappa shape index (κ2) is 18.2. The lowest BCUT2D eigenvalue weighted by atomic mass is 9.70. The van der Waals surface area contributed by atoms with E-state index in [0.29, 0.717) is 0 Å². The summed E-state index contributed by atoms with van der Waals surface area (Å²) in [6, 6.07) is 50.0. The van der Waals surface area contributed by atoms with Crippen molar-refractivity contribution in [1.82, 2.24) is 9.97 Å². The van der Waals surface area contributed by atoms with E-state index in [-0.39, 0.29) is 5.41 Å². The van der Waals surface area contributed by atoms with Crippen molar-refractivity contribution in [2.45, 2.75) is 109 Å². The van der Waals surface area contributed by atoms with Gasteiger partial charge in [-0.15, -0.1) is 22.7 Å². The lowest BCUT2D eigenvalue weighted by Gasteiger charge is -2.33. The fourth-order valence-corrected chi connectivity index (χ4v) is 11.5. The Labute approximate surface area is 359 Å². The van der Waals surface area contributed by atoms with Crippen LogP contribution in [0.25, 0.3) is 75.0 Å². The zero-order valence-electron chi connectivity index (χ0n) is 34.8. The Hall–Kier alpha value is -4.90. The quantitative estimate of drug-likeness (QED) is 0.0807. The van der Waals surface area contributed by atoms with E-state index in [2.05, 4.69) is 147 Å². The van der Waals surface area contributed by atoms with Crippen LogP contribution in [0.3, 0.4) is 0 Å². The first kappa shape index (κ1) is 39.6. The number of hydrogen-bond donors (Lipinski definition) is 0. The van der Waals surface area contributed by atoms with Crippen molar-refractivity contribution in [1.29, 1.82) is 0 Å². The van der Waals surface area contributed by atoms with Crippen LogP contribution in [-0.4, -0.2) is 9.97 Å². The molecule has 0 spiro atoms. The van der Waals surface area contributed by atoms with Crippen LogP contribution in [0.2, 0.25) is 0 Å². The SMILES string of the molecule is CCCCCCCCC1(CCCCCCCC)c2cc(-c3ccc(-c4nc5ccccc5s4)cc3)ccc2-c2ccc(-c3ccc(-c4nc5ccccc5s4)cc3)cc21. The van der Waals surface area contributed by atoms with Gasteiger partial charge >= 0.3 is 0 Å². The van der Waals surface area contributed by atoms with Crippen LogP contribution in [0.15, 0.2) is 133 Å². The smallest absolute Gasteiger partial charge is 0.124 e. The van der Waals surface area contributed by atoms with Crippen LogP contribution >= 0.6 is 22.7 Å². The molecule has 8 aromatic rings. The Morgan fingerprint density at radius 2 is 0.763 bits per heavy atom. The molecule has 0 fully saturated rings. The van der Waals surface area contributed by atoms with Gasteiger partial charge in [0.25, 0.3) is 0 Å². The van der Waals surface area contributed by atoms with Crippen LogP contribution in [0.1, 0.15) is 115 Å². The lowest BCUT2D eigenvalue weighted by Crippen LogP contribution is -2.25. The maximum atomic E-state index is 4.95. The minimum Gasteiger partial charge on any atom is -0.236 e. The first-order valence-corrected chi connectivity index (χ1v) is 24.0. The fraction of sp³-hybridized carbons (Fsp3) is 0.309. The molecule has 0 saturated heterocycles. The molecule has 0 radical (unpaired) electrons. The number of rotatable bonds is 18. The molecule has 298 valence electrons. The van der Waals surface area contributed by atoms with Gasteiger partial charge in [-0.2, -0.15) is 0 Å². The van der Waals surface area contributed by atoms with E-state index >= 15 is 0 Å². The van der Waals surface area contributed by atoms with Crippen LogP contribution in [0.5, 0.6) is 0 Å². The third-order valence-corrected chi connectivity index (χ3v) is 15.0. The third-order valence-electron chi connectivity index (χ3n) is 12.8. The van der Waals surface area contributed by atoms with Crippen LogP contribution in [0, 0.1) is 0 Å². The predicted molar refractivity (Wildman–Crippen MR) is 257 cm³/mol. The normalized spacial score (nSPS) is 13.0. The fourth-order valence-electron chi connectivity index (χ4n) is 9.53. The van der Waals surface area contributed by atoms with Gasteiger partial charge in [0.1, 0.15) is 10.0 Å². The van der Waals surface area contributed by atoms with Gasteiger partial charge in [-0.25, -0.2) is 9.97 Å². The summed E-state index contributed by atoms with van der Waals surface area (Å²) in [5, 5.41) is 2.17. The van der Waals surface area contributed by atoms with Crippen molar-refractivity contribution < 1.29 is 0 Å². The van der Waals surface area contributed by atoms with E-state index in [1.807, 2.05) is 0 Å². The van der Waals surface area contributed by atoms with Crippen molar-refractivity contribution in [2.24, 2.45) is 0 Å². The number of unbranched alkanes of at least 4 members (excludes halogenated alkanes) is 10. The molecule has 1 aliphatic rings. The summed E-state index contributed by atoms with van der Waals surface area (Å²) in [6.07, 6.45) is 18.2. The Morgan fingerprint density at radius 3 is 1.19 bits per heavy atom. The summed E-state index contributed by atoms with van der Waals surface area (Å²) in [6.45, 7) is 4.64. The van der Waals surface area contributed by atoms with Gasteiger partial charge in [-0.3, -0.25) is 0 Å². The summed E-state index contributed by atoms with van der Waals surface area (Å²) in [5.74, 6) is 0. The topological polar surface area (TPSA) is 25.8 Å². The Kier molecular flexibility index (Phi) is 12.2. The number of aromatic nitrogens is 2. The van der Waals surface area contributed by atoms with Gasteiger partial charge < -0.3 is 0 Å².